The van der Waals surface area contributed by atoms with Gasteiger partial charge in [-0.2, -0.15) is 13.2 Å². The summed E-state index contributed by atoms with van der Waals surface area (Å²) >= 11 is 0. The van der Waals surface area contributed by atoms with Crippen LogP contribution in [-0.2, 0) is 11.0 Å². The number of hydrogen-bond acceptors (Lipinski definition) is 5. The normalized spacial score (nSPS) is 31.9. The van der Waals surface area contributed by atoms with Crippen molar-refractivity contribution >= 4 is 17.8 Å². The lowest BCUT2D eigenvalue weighted by atomic mass is 9.53. The van der Waals surface area contributed by atoms with Crippen molar-refractivity contribution in [1.29, 1.82) is 0 Å². The minimum absolute atomic E-state index is 0.150. The predicted octanol–water partition coefficient (Wildman–Crippen LogP) is 3.41. The average Bonchev–Trinajstić information content (AvgIpc) is 2.77. The van der Waals surface area contributed by atoms with E-state index >= 15 is 0 Å². The van der Waals surface area contributed by atoms with Crippen molar-refractivity contribution in [1.82, 2.24) is 20.5 Å². The van der Waals surface area contributed by atoms with Crippen LogP contribution in [0, 0.1) is 17.8 Å². The Morgan fingerprint density at radius 1 is 1.03 bits per heavy atom. The van der Waals surface area contributed by atoms with E-state index in [1.807, 2.05) is 9.80 Å². The number of rotatable bonds is 4. The highest BCUT2D eigenvalue weighted by atomic mass is 19.4. The number of aromatic nitrogens is 1. The minimum Gasteiger partial charge on any atom is -0.354 e. The first kappa shape index (κ1) is 23.4. The Hall–Kier alpha value is -2.36. The zero-order chi connectivity index (χ0) is 24.1. The third-order valence-electron chi connectivity index (χ3n) is 8.29. The van der Waals surface area contributed by atoms with Gasteiger partial charge in [-0.1, -0.05) is 0 Å². The van der Waals surface area contributed by atoms with Crippen LogP contribution in [0.15, 0.2) is 18.3 Å². The number of halogens is 3. The third kappa shape index (κ3) is 4.74. The van der Waals surface area contributed by atoms with Gasteiger partial charge >= 0.3 is 12.2 Å². The molecule has 186 valence electrons. The second-order valence-electron chi connectivity index (χ2n) is 10.7. The summed E-state index contributed by atoms with van der Waals surface area (Å²) in [4.78, 5) is 33.3. The lowest BCUT2D eigenvalue weighted by Crippen LogP contribution is -2.63. The molecule has 6 rings (SSSR count). The molecular weight excluding hydrogens is 447 g/mol. The lowest BCUT2D eigenvalue weighted by molar-refractivity contribution is -0.137. The summed E-state index contributed by atoms with van der Waals surface area (Å²) in [7, 11) is 0. The minimum atomic E-state index is -4.41. The number of nitrogens with one attached hydrogen (secondary N) is 2. The monoisotopic (exact) mass is 479 g/mol. The molecule has 1 aromatic heterocycles. The number of amides is 3. The fourth-order valence-corrected chi connectivity index (χ4v) is 7.00. The van der Waals surface area contributed by atoms with E-state index in [4.69, 9.17) is 0 Å². The summed E-state index contributed by atoms with van der Waals surface area (Å²) in [6, 6.07) is 1.53. The van der Waals surface area contributed by atoms with Crippen LogP contribution in [0.2, 0.25) is 0 Å². The first-order valence-electron chi connectivity index (χ1n) is 12.3. The van der Waals surface area contributed by atoms with Crippen LogP contribution >= 0.6 is 0 Å². The third-order valence-corrected chi connectivity index (χ3v) is 8.29. The molecule has 5 fully saturated rings. The van der Waals surface area contributed by atoms with E-state index in [2.05, 4.69) is 15.6 Å². The summed E-state index contributed by atoms with van der Waals surface area (Å²) in [5, 5.41) is 5.72. The molecule has 1 atom stereocenters. The molecule has 2 heterocycles. The highest BCUT2D eigenvalue weighted by molar-refractivity contribution is 5.97. The molecule has 1 saturated heterocycles. The molecular formula is C24H32F3N5O2. The Labute approximate surface area is 197 Å². The van der Waals surface area contributed by atoms with E-state index in [0.717, 1.165) is 31.5 Å². The first-order valence-corrected chi connectivity index (χ1v) is 12.3. The molecule has 4 aliphatic carbocycles. The number of hydrogen-bond donors (Lipinski definition) is 2. The molecule has 0 spiro atoms. The Balaban J connectivity index is 1.10. The van der Waals surface area contributed by atoms with Gasteiger partial charge in [0.2, 0.25) is 5.91 Å². The summed E-state index contributed by atoms with van der Waals surface area (Å²) in [6.07, 6.45) is 3.36. The van der Waals surface area contributed by atoms with Gasteiger partial charge in [0.05, 0.1) is 11.6 Å². The van der Waals surface area contributed by atoms with E-state index in [-0.39, 0.29) is 11.4 Å². The molecule has 4 bridgehead atoms. The van der Waals surface area contributed by atoms with Crippen LogP contribution in [0.25, 0.3) is 0 Å². The van der Waals surface area contributed by atoms with Crippen molar-refractivity contribution in [3.63, 3.8) is 0 Å². The first-order chi connectivity index (χ1) is 16.1. The van der Waals surface area contributed by atoms with E-state index in [1.165, 1.54) is 25.3 Å². The van der Waals surface area contributed by atoms with Gasteiger partial charge in [0.15, 0.2) is 0 Å². The van der Waals surface area contributed by atoms with Crippen LogP contribution in [0.4, 0.5) is 23.8 Å². The SMILES string of the molecule is C[C@@H](C(=O)NC(=O)NC12CC3CC(CC(C3)C1)C2)N1CCN(c2ccc(C(F)(F)F)cn2)CC1. The van der Waals surface area contributed by atoms with Crippen molar-refractivity contribution in [2.45, 2.75) is 63.2 Å². The van der Waals surface area contributed by atoms with Gasteiger partial charge < -0.3 is 10.2 Å². The number of alkyl halides is 3. The van der Waals surface area contributed by atoms with Crippen molar-refractivity contribution < 1.29 is 22.8 Å². The number of anilines is 1. The average molecular weight is 480 g/mol. The Kier molecular flexibility index (Phi) is 5.98. The molecule has 4 saturated carbocycles. The quantitative estimate of drug-likeness (QED) is 0.692. The summed E-state index contributed by atoms with van der Waals surface area (Å²) < 4.78 is 38.3. The van der Waals surface area contributed by atoms with Crippen molar-refractivity contribution in [2.24, 2.45) is 17.8 Å². The summed E-state index contributed by atoms with van der Waals surface area (Å²) in [6.45, 7) is 3.95. The second-order valence-corrected chi connectivity index (χ2v) is 10.7. The maximum Gasteiger partial charge on any atom is 0.417 e. The summed E-state index contributed by atoms with van der Waals surface area (Å²) in [5.74, 6) is 2.27. The topological polar surface area (TPSA) is 77.6 Å². The predicted molar refractivity (Wildman–Crippen MR) is 120 cm³/mol. The van der Waals surface area contributed by atoms with Crippen LogP contribution in [0.3, 0.4) is 0 Å². The van der Waals surface area contributed by atoms with Gasteiger partial charge in [0.1, 0.15) is 5.82 Å². The van der Waals surface area contributed by atoms with Gasteiger partial charge in [0.25, 0.3) is 0 Å². The Morgan fingerprint density at radius 2 is 1.62 bits per heavy atom. The fourth-order valence-electron chi connectivity index (χ4n) is 7.00. The van der Waals surface area contributed by atoms with E-state index in [0.29, 0.717) is 49.8 Å². The molecule has 0 aromatic carbocycles. The number of urea groups is 1. The largest absolute Gasteiger partial charge is 0.417 e. The number of carbonyl (C=O) groups is 2. The highest BCUT2D eigenvalue weighted by Crippen LogP contribution is 2.55. The number of piperazine rings is 1. The zero-order valence-electron chi connectivity index (χ0n) is 19.4. The van der Waals surface area contributed by atoms with Crippen LogP contribution in [0.1, 0.15) is 51.0 Å². The smallest absolute Gasteiger partial charge is 0.354 e. The van der Waals surface area contributed by atoms with Gasteiger partial charge in [0, 0.05) is 37.9 Å². The molecule has 2 N–H and O–H groups in total. The van der Waals surface area contributed by atoms with Gasteiger partial charge in [-0.05, 0) is 75.3 Å². The molecule has 34 heavy (non-hydrogen) atoms. The molecule has 1 aliphatic heterocycles. The van der Waals surface area contributed by atoms with Gasteiger partial charge in [-0.25, -0.2) is 9.78 Å². The molecule has 10 heteroatoms. The van der Waals surface area contributed by atoms with Crippen LogP contribution in [0.5, 0.6) is 0 Å². The number of carbonyl (C=O) groups excluding carboxylic acids is 2. The second kappa shape index (κ2) is 8.70. The van der Waals surface area contributed by atoms with Crippen molar-refractivity contribution in [3.05, 3.63) is 23.9 Å². The molecule has 5 aliphatic rings. The Morgan fingerprint density at radius 3 is 2.12 bits per heavy atom. The maximum absolute atomic E-state index is 12.8. The zero-order valence-corrected chi connectivity index (χ0v) is 19.4. The van der Waals surface area contributed by atoms with E-state index in [9.17, 15) is 22.8 Å². The highest BCUT2D eigenvalue weighted by Gasteiger charge is 2.51. The number of pyridine rings is 1. The maximum atomic E-state index is 12.8. The summed E-state index contributed by atoms with van der Waals surface area (Å²) in [5.41, 5.74) is -0.921. The van der Waals surface area contributed by atoms with Gasteiger partial charge in [-0.15, -0.1) is 0 Å². The van der Waals surface area contributed by atoms with E-state index in [1.54, 1.807) is 6.92 Å². The Bertz CT molecular complexity index is 892. The molecule has 0 radical (unpaired) electrons. The van der Waals surface area contributed by atoms with Crippen molar-refractivity contribution in [2.75, 3.05) is 31.1 Å². The van der Waals surface area contributed by atoms with Crippen LogP contribution < -0.4 is 15.5 Å². The number of nitrogens with zero attached hydrogens (tertiary/aromatic N) is 3. The molecule has 1 aromatic rings. The van der Waals surface area contributed by atoms with Gasteiger partial charge in [-0.3, -0.25) is 15.0 Å². The van der Waals surface area contributed by atoms with E-state index < -0.39 is 23.8 Å². The number of imide groups is 1. The molecule has 3 amide bonds. The molecule has 7 nitrogen and oxygen atoms in total. The standard InChI is InChI=1S/C24H32F3N5O2/c1-15(31-4-6-32(7-5-31)20-3-2-19(14-28-20)24(25,26)27)21(33)29-22(34)30-23-11-16-8-17(12-23)10-18(9-16)13-23/h2-3,14-18H,4-13H2,1H3,(H2,29,30,33,34)/t15-,16?,17?,18?,23?/m0/s1. The molecule has 0 unspecified atom stereocenters. The fraction of sp³-hybridized carbons (Fsp3) is 0.708. The lowest BCUT2D eigenvalue weighted by Gasteiger charge is -2.56. The van der Waals surface area contributed by atoms with Crippen molar-refractivity contribution in [3.8, 4) is 0 Å². The van der Waals surface area contributed by atoms with Crippen LogP contribution in [-0.4, -0.2) is 59.6 Å².